The maximum absolute atomic E-state index is 13.4. The Morgan fingerprint density at radius 3 is 2.12 bits per heavy atom. The van der Waals surface area contributed by atoms with Crippen molar-refractivity contribution in [3.05, 3.63) is 86.9 Å². The van der Waals surface area contributed by atoms with Gasteiger partial charge in [-0.2, -0.15) is 13.2 Å². The van der Waals surface area contributed by atoms with Gasteiger partial charge < -0.3 is 10.1 Å². The maximum Gasteiger partial charge on any atom is 0.418 e. The highest BCUT2D eigenvalue weighted by atomic mass is 35.5. The molecule has 0 aliphatic rings. The quantitative estimate of drug-likeness (QED) is 0.189. The number of benzene rings is 3. The summed E-state index contributed by atoms with van der Waals surface area (Å²) in [4.78, 5) is 34.5. The van der Waals surface area contributed by atoms with Gasteiger partial charge in [-0.3, -0.25) is 19.6 Å². The number of nitrogens with zero attached hydrogens (tertiary/aromatic N) is 1. The lowest BCUT2D eigenvalue weighted by molar-refractivity contribution is -0.385. The van der Waals surface area contributed by atoms with E-state index in [-0.39, 0.29) is 21.7 Å². The van der Waals surface area contributed by atoms with Gasteiger partial charge in [0.1, 0.15) is 0 Å². The molecule has 3 aromatic carbocycles. The summed E-state index contributed by atoms with van der Waals surface area (Å²) in [5, 5.41) is 12.5. The molecule has 18 heteroatoms. The molecule has 0 saturated heterocycles. The lowest BCUT2D eigenvalue weighted by Gasteiger charge is -2.17. The van der Waals surface area contributed by atoms with E-state index in [9.17, 15) is 49.7 Å². The van der Waals surface area contributed by atoms with Crippen LogP contribution in [0.1, 0.15) is 22.8 Å². The monoisotopic (exact) mass is 649 g/mol. The van der Waals surface area contributed by atoms with E-state index in [0.717, 1.165) is 37.4 Å². The predicted molar refractivity (Wildman–Crippen MR) is 143 cm³/mol. The van der Waals surface area contributed by atoms with Crippen LogP contribution in [0.2, 0.25) is 5.02 Å². The van der Waals surface area contributed by atoms with Crippen LogP contribution in [0.15, 0.2) is 70.5 Å². The molecule has 0 radical (unpaired) electrons. The molecule has 0 fully saturated rings. The summed E-state index contributed by atoms with van der Waals surface area (Å²) in [5.74, 6) is -2.53. The van der Waals surface area contributed by atoms with Crippen LogP contribution in [0.5, 0.6) is 0 Å². The minimum absolute atomic E-state index is 0.00348. The zero-order valence-electron chi connectivity index (χ0n) is 21.3. The zero-order chi connectivity index (χ0) is 31.6. The molecule has 0 aliphatic carbocycles. The summed E-state index contributed by atoms with van der Waals surface area (Å²) >= 11 is 6.01. The smallest absolute Gasteiger partial charge is 0.418 e. The number of anilines is 2. The molecule has 42 heavy (non-hydrogen) atoms. The van der Waals surface area contributed by atoms with Gasteiger partial charge in [0.15, 0.2) is 15.9 Å². The minimum atomic E-state index is -5.07. The molecule has 0 aromatic heterocycles. The number of sulfonamides is 1. The largest absolute Gasteiger partial charge is 0.449 e. The Balaban J connectivity index is 1.78. The highest BCUT2D eigenvalue weighted by Gasteiger charge is 2.36. The Hall–Kier alpha value is -4.22. The zero-order valence-corrected chi connectivity index (χ0v) is 23.7. The molecule has 1 amide bonds. The van der Waals surface area contributed by atoms with E-state index in [1.165, 1.54) is 24.3 Å². The number of carbonyl (C=O) groups is 2. The molecule has 3 rings (SSSR count). The van der Waals surface area contributed by atoms with Gasteiger partial charge in [-0.15, -0.1) is 0 Å². The fourth-order valence-corrected chi connectivity index (χ4v) is 5.22. The van der Waals surface area contributed by atoms with Gasteiger partial charge in [0, 0.05) is 24.1 Å². The fraction of sp³-hybridized carbons (Fsp3) is 0.167. The molecular weight excluding hydrogens is 631 g/mol. The number of nitrogens with one attached hydrogen (secondary N) is 2. The summed E-state index contributed by atoms with van der Waals surface area (Å²) in [6.07, 6.45) is -5.82. The Morgan fingerprint density at radius 1 is 0.976 bits per heavy atom. The average Bonchev–Trinajstić information content (AvgIpc) is 2.87. The fourth-order valence-electron chi connectivity index (χ4n) is 3.31. The van der Waals surface area contributed by atoms with Crippen LogP contribution >= 0.6 is 11.6 Å². The van der Waals surface area contributed by atoms with Crippen molar-refractivity contribution < 1.29 is 49.3 Å². The third-order valence-electron chi connectivity index (χ3n) is 5.43. The van der Waals surface area contributed by atoms with Crippen molar-refractivity contribution in [3.8, 4) is 0 Å². The van der Waals surface area contributed by atoms with E-state index in [2.05, 4.69) is 4.72 Å². The molecule has 2 N–H and O–H groups in total. The highest BCUT2D eigenvalue weighted by Crippen LogP contribution is 2.37. The molecule has 0 aliphatic heterocycles. The van der Waals surface area contributed by atoms with Crippen LogP contribution in [0.3, 0.4) is 0 Å². The minimum Gasteiger partial charge on any atom is -0.449 e. The van der Waals surface area contributed by atoms with Gasteiger partial charge in [-0.1, -0.05) is 11.6 Å². The van der Waals surface area contributed by atoms with Crippen molar-refractivity contribution in [3.63, 3.8) is 0 Å². The van der Waals surface area contributed by atoms with E-state index in [1.54, 1.807) is 0 Å². The number of hydrogen-bond donors (Lipinski definition) is 2. The van der Waals surface area contributed by atoms with Gasteiger partial charge in [0.05, 0.1) is 36.6 Å². The summed E-state index contributed by atoms with van der Waals surface area (Å²) < 4.78 is 96.3. The van der Waals surface area contributed by atoms with Crippen LogP contribution in [-0.4, -0.2) is 46.0 Å². The number of nitro benzene ring substituents is 1. The van der Waals surface area contributed by atoms with Gasteiger partial charge in [0.25, 0.3) is 21.6 Å². The molecule has 0 spiro atoms. The SMILES string of the molecule is C[C@@H](OC(=O)c1cc(S(=O)(=O)Nc2ccc(S(C)(=O)=O)cc2)ccc1Cl)C(=O)Nc1ccc([N+](=O)[O-])cc1C(F)(F)F. The number of carbonyl (C=O) groups excluding carboxylic acids is 2. The second-order valence-corrected chi connectivity index (χ2v) is 12.7. The third-order valence-corrected chi connectivity index (χ3v) is 8.27. The van der Waals surface area contributed by atoms with Crippen molar-refractivity contribution in [2.75, 3.05) is 16.3 Å². The Bertz CT molecular complexity index is 1780. The van der Waals surface area contributed by atoms with E-state index in [4.69, 9.17) is 16.3 Å². The third kappa shape index (κ3) is 7.74. The molecular formula is C24H19ClF3N3O9S2. The topological polar surface area (TPSA) is 179 Å². The number of alkyl halides is 3. The molecule has 0 unspecified atom stereocenters. The molecule has 0 saturated carbocycles. The summed E-state index contributed by atoms with van der Waals surface area (Å²) in [5.41, 5.74) is -3.72. The standard InChI is InChI=1S/C24H19ClF3N3O9S2/c1-13(22(32)29-21-10-5-15(31(34)35)11-19(21)24(26,27)28)40-23(33)18-12-17(8-9-20(18)25)42(38,39)30-14-3-6-16(7-4-14)41(2,36)37/h3-13,30H,1-2H3,(H,29,32)/t13-/m1/s1. The number of amides is 1. The number of ether oxygens (including phenoxy) is 1. The molecule has 3 aromatic rings. The van der Waals surface area contributed by atoms with Gasteiger partial charge in [0.2, 0.25) is 0 Å². The normalized spacial score (nSPS) is 12.7. The number of esters is 1. The number of sulfone groups is 1. The van der Waals surface area contributed by atoms with Crippen molar-refractivity contribution in [1.29, 1.82) is 0 Å². The van der Waals surface area contributed by atoms with Crippen molar-refractivity contribution in [2.45, 2.75) is 29.0 Å². The summed E-state index contributed by atoms with van der Waals surface area (Å²) in [6.45, 7) is 1.02. The van der Waals surface area contributed by atoms with Crippen molar-refractivity contribution >= 4 is 60.4 Å². The number of non-ortho nitro benzene ring substituents is 1. The second kappa shape index (κ2) is 11.9. The van der Waals surface area contributed by atoms with Gasteiger partial charge in [-0.05, 0) is 55.5 Å². The van der Waals surface area contributed by atoms with Gasteiger partial charge >= 0.3 is 12.1 Å². The highest BCUT2D eigenvalue weighted by molar-refractivity contribution is 7.92. The molecule has 0 bridgehead atoms. The number of rotatable bonds is 9. The van der Waals surface area contributed by atoms with E-state index < -0.39 is 76.3 Å². The van der Waals surface area contributed by atoms with Gasteiger partial charge in [-0.25, -0.2) is 21.6 Å². The van der Waals surface area contributed by atoms with E-state index >= 15 is 0 Å². The van der Waals surface area contributed by atoms with E-state index in [0.29, 0.717) is 6.07 Å². The van der Waals surface area contributed by atoms with Crippen LogP contribution < -0.4 is 10.0 Å². The maximum atomic E-state index is 13.4. The van der Waals surface area contributed by atoms with Crippen LogP contribution in [0, 0.1) is 10.1 Å². The Morgan fingerprint density at radius 2 is 1.57 bits per heavy atom. The molecule has 1 atom stereocenters. The van der Waals surface area contributed by atoms with Crippen molar-refractivity contribution in [2.24, 2.45) is 0 Å². The summed E-state index contributed by atoms with van der Waals surface area (Å²) in [7, 11) is -7.88. The van der Waals surface area contributed by atoms with Crippen LogP contribution in [0.25, 0.3) is 0 Å². The first-order chi connectivity index (χ1) is 19.3. The molecule has 12 nitrogen and oxygen atoms in total. The lowest BCUT2D eigenvalue weighted by atomic mass is 10.1. The number of nitro groups is 1. The average molecular weight is 650 g/mol. The Kier molecular flexibility index (Phi) is 9.19. The second-order valence-electron chi connectivity index (χ2n) is 8.57. The molecule has 224 valence electrons. The van der Waals surface area contributed by atoms with Crippen LogP contribution in [0.4, 0.5) is 30.2 Å². The first-order valence-corrected chi connectivity index (χ1v) is 15.0. The van der Waals surface area contributed by atoms with Crippen molar-refractivity contribution in [1.82, 2.24) is 0 Å². The molecule has 0 heterocycles. The predicted octanol–water partition coefficient (Wildman–Crippen LogP) is 4.66. The van der Waals surface area contributed by atoms with Crippen LogP contribution in [-0.2, 0) is 35.6 Å². The first-order valence-electron chi connectivity index (χ1n) is 11.3. The Labute approximate surface area is 241 Å². The lowest BCUT2D eigenvalue weighted by Crippen LogP contribution is -2.31. The first kappa shape index (κ1) is 32.3. The number of hydrogen-bond acceptors (Lipinski definition) is 9. The summed E-state index contributed by atoms with van der Waals surface area (Å²) in [6, 6.07) is 9.33. The van der Waals surface area contributed by atoms with E-state index in [1.807, 2.05) is 5.32 Å². The number of halogens is 4.